The Balaban J connectivity index is 1.52. The van der Waals surface area contributed by atoms with Crippen LogP contribution in [0.5, 0.6) is 0 Å². The summed E-state index contributed by atoms with van der Waals surface area (Å²) in [4.78, 5) is 22.4. The number of hydrogen-bond acceptors (Lipinski definition) is 6. The Bertz CT molecular complexity index is 1470. The van der Waals surface area contributed by atoms with Crippen molar-refractivity contribution in [1.29, 1.82) is 0 Å². The molecule has 0 saturated heterocycles. The number of hydrogen-bond donors (Lipinski definition) is 1. The molecule has 8 heteroatoms. The summed E-state index contributed by atoms with van der Waals surface area (Å²) >= 11 is 3.10. The van der Waals surface area contributed by atoms with Gasteiger partial charge in [0.05, 0.1) is 10.6 Å². The minimum atomic E-state index is -0.110. The number of para-hydroxylation sites is 1. The second-order valence-electron chi connectivity index (χ2n) is 7.91. The second-order valence-corrected chi connectivity index (χ2v) is 10.4. The number of fused-ring (bicyclic) bond motifs is 1. The van der Waals surface area contributed by atoms with Crippen molar-refractivity contribution < 1.29 is 0 Å². The molecule has 1 N–H and O–H groups in total. The van der Waals surface area contributed by atoms with Crippen molar-refractivity contribution in [2.45, 2.75) is 37.6 Å². The molecule has 3 aromatic heterocycles. The van der Waals surface area contributed by atoms with Gasteiger partial charge in [-0.3, -0.25) is 9.36 Å². The van der Waals surface area contributed by atoms with Crippen LogP contribution in [-0.2, 0) is 6.42 Å². The number of aromatic amines is 1. The minimum Gasteiger partial charge on any atom is -0.309 e. The quantitative estimate of drug-likeness (QED) is 0.324. The Kier molecular flexibility index (Phi) is 5.86. The molecule has 0 bridgehead atoms. The van der Waals surface area contributed by atoms with E-state index < -0.39 is 0 Å². The Morgan fingerprint density at radius 3 is 2.45 bits per heavy atom. The third-order valence-corrected chi connectivity index (χ3v) is 7.80. The Morgan fingerprint density at radius 1 is 1.03 bits per heavy atom. The maximum atomic E-state index is 12.8. The van der Waals surface area contributed by atoms with Crippen molar-refractivity contribution in [1.82, 2.24) is 24.7 Å². The standard InChI is InChI=1S/C25H23N5OS2/c1-15-16(2)32-24-21(15)23(31)26-22(27-24)17(3)33-25-29-28-20(14-18-10-6-4-7-11-18)30(25)19-12-8-5-9-13-19/h4-13,17H,14H2,1-3H3,(H,26,27,31). The lowest BCUT2D eigenvalue weighted by molar-refractivity contribution is 0.836. The Labute approximate surface area is 199 Å². The molecule has 0 aliphatic rings. The van der Waals surface area contributed by atoms with Gasteiger partial charge in [-0.15, -0.1) is 21.5 Å². The average molecular weight is 474 g/mol. The Morgan fingerprint density at radius 2 is 1.73 bits per heavy atom. The number of thiophene rings is 1. The highest BCUT2D eigenvalue weighted by molar-refractivity contribution is 7.99. The highest BCUT2D eigenvalue weighted by Gasteiger charge is 2.21. The average Bonchev–Trinajstić information content (AvgIpc) is 3.34. The molecule has 3 heterocycles. The van der Waals surface area contributed by atoms with Crippen LogP contribution in [0.15, 0.2) is 70.6 Å². The number of rotatable bonds is 6. The van der Waals surface area contributed by atoms with Crippen LogP contribution in [0.3, 0.4) is 0 Å². The summed E-state index contributed by atoms with van der Waals surface area (Å²) in [6.45, 7) is 6.03. The van der Waals surface area contributed by atoms with Crippen LogP contribution in [0.2, 0.25) is 0 Å². The van der Waals surface area contributed by atoms with E-state index in [0.717, 1.165) is 31.9 Å². The smallest absolute Gasteiger partial charge is 0.259 e. The van der Waals surface area contributed by atoms with Crippen molar-refractivity contribution in [3.63, 3.8) is 0 Å². The summed E-state index contributed by atoms with van der Waals surface area (Å²) in [7, 11) is 0. The summed E-state index contributed by atoms with van der Waals surface area (Å²) in [5.41, 5.74) is 3.10. The number of aryl methyl sites for hydroxylation is 2. The minimum absolute atomic E-state index is 0.0846. The van der Waals surface area contributed by atoms with Gasteiger partial charge in [0.15, 0.2) is 5.16 Å². The van der Waals surface area contributed by atoms with Crippen molar-refractivity contribution in [2.24, 2.45) is 0 Å². The van der Waals surface area contributed by atoms with Gasteiger partial charge in [0, 0.05) is 17.0 Å². The second kappa shape index (κ2) is 8.96. The molecular formula is C25H23N5OS2. The molecule has 33 heavy (non-hydrogen) atoms. The summed E-state index contributed by atoms with van der Waals surface area (Å²) in [5.74, 6) is 1.51. The fraction of sp³-hybridized carbons (Fsp3) is 0.200. The molecular weight excluding hydrogens is 450 g/mol. The normalized spacial score (nSPS) is 12.3. The number of H-pyrrole nitrogens is 1. The molecule has 0 fully saturated rings. The first-order valence-corrected chi connectivity index (χ1v) is 12.4. The molecule has 1 unspecified atom stereocenters. The first-order valence-electron chi connectivity index (χ1n) is 10.7. The number of nitrogens with one attached hydrogen (secondary N) is 1. The van der Waals surface area contributed by atoms with E-state index in [4.69, 9.17) is 4.98 Å². The fourth-order valence-corrected chi connectivity index (χ4v) is 5.76. The summed E-state index contributed by atoms with van der Waals surface area (Å²) in [5, 5.41) is 10.4. The van der Waals surface area contributed by atoms with Crippen LogP contribution in [0.25, 0.3) is 15.9 Å². The monoisotopic (exact) mass is 473 g/mol. The van der Waals surface area contributed by atoms with Gasteiger partial charge in [-0.2, -0.15) is 0 Å². The molecule has 0 aliphatic carbocycles. The third-order valence-electron chi connectivity index (χ3n) is 5.64. The number of thioether (sulfide) groups is 1. The van der Waals surface area contributed by atoms with Crippen LogP contribution in [0.4, 0.5) is 0 Å². The molecule has 6 nitrogen and oxygen atoms in total. The van der Waals surface area contributed by atoms with Gasteiger partial charge in [-0.1, -0.05) is 60.3 Å². The molecule has 0 saturated carbocycles. The zero-order valence-corrected chi connectivity index (χ0v) is 20.2. The van der Waals surface area contributed by atoms with E-state index in [1.165, 1.54) is 17.3 Å². The van der Waals surface area contributed by atoms with E-state index in [0.29, 0.717) is 17.6 Å². The highest BCUT2D eigenvalue weighted by atomic mass is 32.2. The topological polar surface area (TPSA) is 76.5 Å². The van der Waals surface area contributed by atoms with Crippen molar-refractivity contribution in [2.75, 3.05) is 0 Å². The third kappa shape index (κ3) is 4.24. The lowest BCUT2D eigenvalue weighted by Crippen LogP contribution is -2.13. The Hall–Kier alpha value is -3.23. The first-order chi connectivity index (χ1) is 16.0. The zero-order valence-electron chi connectivity index (χ0n) is 18.6. The zero-order chi connectivity index (χ0) is 22.9. The summed E-state index contributed by atoms with van der Waals surface area (Å²) in [6.07, 6.45) is 0.673. The maximum Gasteiger partial charge on any atom is 0.259 e. The van der Waals surface area contributed by atoms with Crippen molar-refractivity contribution in [3.05, 3.63) is 98.7 Å². The van der Waals surface area contributed by atoms with Crippen LogP contribution < -0.4 is 5.56 Å². The van der Waals surface area contributed by atoms with Gasteiger partial charge in [0.25, 0.3) is 5.56 Å². The van der Waals surface area contributed by atoms with Gasteiger partial charge < -0.3 is 4.98 Å². The largest absolute Gasteiger partial charge is 0.309 e. The van der Waals surface area contributed by atoms with Gasteiger partial charge in [0.1, 0.15) is 16.5 Å². The van der Waals surface area contributed by atoms with E-state index in [2.05, 4.69) is 44.0 Å². The van der Waals surface area contributed by atoms with Gasteiger partial charge in [0.2, 0.25) is 0 Å². The van der Waals surface area contributed by atoms with E-state index >= 15 is 0 Å². The van der Waals surface area contributed by atoms with E-state index in [9.17, 15) is 4.79 Å². The summed E-state index contributed by atoms with van der Waals surface area (Å²) < 4.78 is 2.09. The summed E-state index contributed by atoms with van der Waals surface area (Å²) in [6, 6.07) is 20.4. The number of nitrogens with zero attached hydrogens (tertiary/aromatic N) is 4. The van der Waals surface area contributed by atoms with Gasteiger partial charge in [-0.05, 0) is 44.0 Å². The van der Waals surface area contributed by atoms with E-state index in [-0.39, 0.29) is 10.8 Å². The lowest BCUT2D eigenvalue weighted by atomic mass is 10.1. The van der Waals surface area contributed by atoms with Crippen LogP contribution >= 0.6 is 23.1 Å². The first kappa shape index (κ1) is 21.6. The van der Waals surface area contributed by atoms with Gasteiger partial charge in [-0.25, -0.2) is 4.98 Å². The number of aromatic nitrogens is 5. The van der Waals surface area contributed by atoms with Crippen molar-refractivity contribution in [3.8, 4) is 5.69 Å². The molecule has 0 spiro atoms. The number of benzene rings is 2. The van der Waals surface area contributed by atoms with Gasteiger partial charge >= 0.3 is 0 Å². The predicted octanol–water partition coefficient (Wildman–Crippen LogP) is 5.63. The van der Waals surface area contributed by atoms with E-state index in [1.807, 2.05) is 57.2 Å². The molecule has 0 radical (unpaired) electrons. The van der Waals surface area contributed by atoms with Crippen molar-refractivity contribution >= 4 is 33.3 Å². The maximum absolute atomic E-state index is 12.8. The van der Waals surface area contributed by atoms with Crippen LogP contribution in [0, 0.1) is 13.8 Å². The van der Waals surface area contributed by atoms with E-state index in [1.54, 1.807) is 11.3 Å². The highest BCUT2D eigenvalue weighted by Crippen LogP contribution is 2.35. The molecule has 5 rings (SSSR count). The molecule has 2 aromatic carbocycles. The fourth-order valence-electron chi connectivity index (χ4n) is 3.78. The van der Waals surface area contributed by atoms with Crippen LogP contribution in [0.1, 0.15) is 39.8 Å². The lowest BCUT2D eigenvalue weighted by Gasteiger charge is -2.13. The molecule has 1 atom stereocenters. The SMILES string of the molecule is Cc1sc2nc(C(C)Sc3nnc(Cc4ccccc4)n3-c3ccccc3)[nH]c(=O)c2c1C. The molecule has 5 aromatic rings. The molecule has 0 aliphatic heterocycles. The predicted molar refractivity (Wildman–Crippen MR) is 135 cm³/mol. The molecule has 0 amide bonds. The van der Waals surface area contributed by atoms with Crippen LogP contribution in [-0.4, -0.2) is 24.7 Å². The molecule has 166 valence electrons.